The van der Waals surface area contributed by atoms with E-state index in [1.807, 2.05) is 6.07 Å². The topological polar surface area (TPSA) is 111 Å². The van der Waals surface area contributed by atoms with Gasteiger partial charge in [-0.25, -0.2) is 13.8 Å². The van der Waals surface area contributed by atoms with E-state index < -0.39 is 17.2 Å². The first kappa shape index (κ1) is 23.7. The summed E-state index contributed by atoms with van der Waals surface area (Å²) in [6.07, 6.45) is 8.92. The van der Waals surface area contributed by atoms with Gasteiger partial charge >= 0.3 is 0 Å². The Balaban J connectivity index is 1.35. The number of benzene rings is 1. The molecule has 6 rings (SSSR count). The second kappa shape index (κ2) is 8.98. The number of pyridine rings is 1. The van der Waals surface area contributed by atoms with Gasteiger partial charge in [-0.15, -0.1) is 0 Å². The number of imidazole rings is 1. The van der Waals surface area contributed by atoms with Crippen molar-refractivity contribution in [3.8, 4) is 11.3 Å². The number of fused-ring (bicyclic) bond motifs is 1. The van der Waals surface area contributed by atoms with Crippen LogP contribution in [0.15, 0.2) is 60.6 Å². The summed E-state index contributed by atoms with van der Waals surface area (Å²) >= 11 is 0. The van der Waals surface area contributed by atoms with Crippen LogP contribution in [0.25, 0.3) is 16.8 Å². The molecule has 0 saturated carbocycles. The average molecular weight is 505 g/mol. The summed E-state index contributed by atoms with van der Waals surface area (Å²) in [5.41, 5.74) is 8.54. The summed E-state index contributed by atoms with van der Waals surface area (Å²) in [5.74, 6) is -1.03. The van der Waals surface area contributed by atoms with Crippen LogP contribution in [-0.4, -0.2) is 43.9 Å². The van der Waals surface area contributed by atoms with Crippen molar-refractivity contribution in [1.82, 2.24) is 19.6 Å². The van der Waals surface area contributed by atoms with Gasteiger partial charge in [0, 0.05) is 12.2 Å². The number of nitrogens with one attached hydrogen (secondary N) is 1. The SMILES string of the molecule is CC1=CC(N)CC(c2ccncc2Nc2ncc3ccc(-c4c(F)cc(C5(O)COC5)cc4F)nn23)C1. The summed E-state index contributed by atoms with van der Waals surface area (Å²) in [4.78, 5) is 8.72. The van der Waals surface area contributed by atoms with E-state index in [1.54, 1.807) is 24.7 Å². The molecule has 2 unspecified atom stereocenters. The summed E-state index contributed by atoms with van der Waals surface area (Å²) < 4.78 is 36.7. The zero-order chi connectivity index (χ0) is 25.7. The summed E-state index contributed by atoms with van der Waals surface area (Å²) in [7, 11) is 0. The normalized spacial score (nSPS) is 20.9. The van der Waals surface area contributed by atoms with Gasteiger partial charge in [0.1, 0.15) is 17.2 Å². The molecule has 3 aromatic heterocycles. The Hall–Kier alpha value is -3.73. The highest BCUT2D eigenvalue weighted by molar-refractivity contribution is 5.66. The van der Waals surface area contributed by atoms with E-state index in [9.17, 15) is 5.11 Å². The Morgan fingerprint density at radius 3 is 2.65 bits per heavy atom. The number of hydrogen-bond donors (Lipinski definition) is 3. The van der Waals surface area contributed by atoms with Crippen molar-refractivity contribution in [2.45, 2.75) is 37.3 Å². The fraction of sp³-hybridized carbons (Fsp3) is 0.296. The number of allylic oxidation sites excluding steroid dienone is 1. The Kier molecular flexibility index (Phi) is 5.74. The fourth-order valence-corrected chi connectivity index (χ4v) is 5.18. The van der Waals surface area contributed by atoms with E-state index in [4.69, 9.17) is 10.5 Å². The van der Waals surface area contributed by atoms with Crippen LogP contribution in [0.5, 0.6) is 0 Å². The monoisotopic (exact) mass is 504 g/mol. The van der Waals surface area contributed by atoms with Crippen molar-refractivity contribution in [3.63, 3.8) is 0 Å². The van der Waals surface area contributed by atoms with Crippen LogP contribution in [0.2, 0.25) is 0 Å². The van der Waals surface area contributed by atoms with E-state index in [1.165, 1.54) is 16.2 Å². The molecule has 4 N–H and O–H groups in total. The fourth-order valence-electron chi connectivity index (χ4n) is 5.18. The average Bonchev–Trinajstić information content (AvgIpc) is 3.24. The number of aliphatic hydroxyl groups is 1. The third-order valence-corrected chi connectivity index (χ3v) is 7.07. The summed E-state index contributed by atoms with van der Waals surface area (Å²) in [6.45, 7) is 2.08. The molecule has 1 aromatic carbocycles. The Labute approximate surface area is 211 Å². The lowest BCUT2D eigenvalue weighted by Crippen LogP contribution is -2.46. The predicted octanol–water partition coefficient (Wildman–Crippen LogP) is 4.18. The molecular weight excluding hydrogens is 478 g/mol. The van der Waals surface area contributed by atoms with E-state index in [0.29, 0.717) is 11.5 Å². The van der Waals surface area contributed by atoms with Crippen LogP contribution >= 0.6 is 0 Å². The van der Waals surface area contributed by atoms with Crippen molar-refractivity contribution in [3.05, 3.63) is 83.3 Å². The minimum atomic E-state index is -1.38. The van der Waals surface area contributed by atoms with Gasteiger partial charge in [0.15, 0.2) is 0 Å². The standard InChI is InChI=1S/C27H26F2N6O2/c1-15-6-16(8-18(30)7-15)20-4-5-31-12-24(20)33-26-32-11-19-2-3-23(34-35(19)26)25-21(28)9-17(10-22(25)29)27(36)13-37-14-27/h2-5,7,9-12,16,18,36H,6,8,13-14,30H2,1H3,(H,32,33). The van der Waals surface area contributed by atoms with Gasteiger partial charge < -0.3 is 20.9 Å². The maximum atomic E-state index is 15.1. The van der Waals surface area contributed by atoms with Gasteiger partial charge in [-0.1, -0.05) is 11.6 Å². The molecule has 2 atom stereocenters. The van der Waals surface area contributed by atoms with Crippen molar-refractivity contribution in [2.24, 2.45) is 5.73 Å². The first-order chi connectivity index (χ1) is 17.8. The largest absolute Gasteiger partial charge is 0.380 e. The second-order valence-corrected chi connectivity index (χ2v) is 9.88. The number of nitrogens with zero attached hydrogens (tertiary/aromatic N) is 4. The molecule has 2 aliphatic rings. The lowest BCUT2D eigenvalue weighted by atomic mass is 9.82. The third kappa shape index (κ3) is 4.26. The predicted molar refractivity (Wildman–Crippen MR) is 134 cm³/mol. The number of ether oxygens (including phenoxy) is 1. The quantitative estimate of drug-likeness (QED) is 0.350. The van der Waals surface area contributed by atoms with E-state index in [2.05, 4.69) is 33.4 Å². The highest BCUT2D eigenvalue weighted by Crippen LogP contribution is 2.37. The molecule has 0 spiro atoms. The van der Waals surface area contributed by atoms with Gasteiger partial charge in [0.2, 0.25) is 5.95 Å². The van der Waals surface area contributed by atoms with Crippen molar-refractivity contribution < 1.29 is 18.6 Å². The molecule has 1 aliphatic heterocycles. The number of hydrogen-bond acceptors (Lipinski definition) is 7. The molecule has 10 heteroatoms. The lowest BCUT2D eigenvalue weighted by Gasteiger charge is -2.36. The van der Waals surface area contributed by atoms with Crippen molar-refractivity contribution in [2.75, 3.05) is 18.5 Å². The maximum absolute atomic E-state index is 15.1. The molecule has 37 heavy (non-hydrogen) atoms. The van der Waals surface area contributed by atoms with Gasteiger partial charge in [-0.05, 0) is 67.1 Å². The molecule has 190 valence electrons. The van der Waals surface area contributed by atoms with Crippen LogP contribution in [-0.2, 0) is 10.3 Å². The van der Waals surface area contributed by atoms with Gasteiger partial charge in [0.05, 0.1) is 48.1 Å². The Morgan fingerprint density at radius 1 is 1.16 bits per heavy atom. The Morgan fingerprint density at radius 2 is 1.95 bits per heavy atom. The second-order valence-electron chi connectivity index (χ2n) is 9.88. The molecule has 4 heterocycles. The number of halogens is 2. The number of anilines is 2. The number of nitrogens with two attached hydrogens (primary N) is 1. The van der Waals surface area contributed by atoms with Gasteiger partial charge in [-0.2, -0.15) is 9.61 Å². The summed E-state index contributed by atoms with van der Waals surface area (Å²) in [6, 6.07) is 7.46. The lowest BCUT2D eigenvalue weighted by molar-refractivity contribution is -0.184. The molecular formula is C27H26F2N6O2. The summed E-state index contributed by atoms with van der Waals surface area (Å²) in [5, 5.41) is 18.2. The van der Waals surface area contributed by atoms with Crippen LogP contribution in [0.1, 0.15) is 36.8 Å². The van der Waals surface area contributed by atoms with E-state index >= 15 is 8.78 Å². The smallest absolute Gasteiger partial charge is 0.229 e. The molecule has 0 bridgehead atoms. The molecule has 1 aliphatic carbocycles. The first-order valence-corrected chi connectivity index (χ1v) is 12.1. The van der Waals surface area contributed by atoms with Gasteiger partial charge in [0.25, 0.3) is 0 Å². The van der Waals surface area contributed by atoms with Crippen LogP contribution in [0, 0.1) is 11.6 Å². The molecule has 0 radical (unpaired) electrons. The zero-order valence-corrected chi connectivity index (χ0v) is 20.2. The van der Waals surface area contributed by atoms with Crippen molar-refractivity contribution >= 4 is 17.2 Å². The van der Waals surface area contributed by atoms with Crippen LogP contribution < -0.4 is 11.1 Å². The van der Waals surface area contributed by atoms with E-state index in [-0.39, 0.29) is 42.0 Å². The van der Waals surface area contributed by atoms with Crippen LogP contribution in [0.3, 0.4) is 0 Å². The van der Waals surface area contributed by atoms with Crippen LogP contribution in [0.4, 0.5) is 20.4 Å². The molecule has 8 nitrogen and oxygen atoms in total. The molecule has 1 fully saturated rings. The molecule has 4 aromatic rings. The van der Waals surface area contributed by atoms with Crippen molar-refractivity contribution in [1.29, 1.82) is 0 Å². The number of rotatable bonds is 5. The number of aromatic nitrogens is 4. The maximum Gasteiger partial charge on any atom is 0.229 e. The highest BCUT2D eigenvalue weighted by Gasteiger charge is 2.39. The molecule has 0 amide bonds. The Bertz CT molecular complexity index is 1510. The third-order valence-electron chi connectivity index (χ3n) is 7.07. The highest BCUT2D eigenvalue weighted by atomic mass is 19.1. The zero-order valence-electron chi connectivity index (χ0n) is 20.2. The minimum absolute atomic E-state index is 0.00151. The van der Waals surface area contributed by atoms with Gasteiger partial charge in [-0.3, -0.25) is 4.98 Å². The minimum Gasteiger partial charge on any atom is -0.380 e. The van der Waals surface area contributed by atoms with E-state index in [0.717, 1.165) is 36.2 Å². The first-order valence-electron chi connectivity index (χ1n) is 12.1. The molecule has 1 saturated heterocycles.